The Bertz CT molecular complexity index is 558. The predicted octanol–water partition coefficient (Wildman–Crippen LogP) is 2.73. The van der Waals surface area contributed by atoms with E-state index in [9.17, 15) is 0 Å². The molecular weight excluding hydrogens is 318 g/mol. The van der Waals surface area contributed by atoms with Gasteiger partial charge in [0.2, 0.25) is 0 Å². The smallest absolute Gasteiger partial charge is 0.174 e. The normalized spacial score (nSPS) is 10.3. The minimum Gasteiger partial charge on any atom is -0.493 e. The largest absolute Gasteiger partial charge is 0.493 e. The lowest BCUT2D eigenvalue weighted by molar-refractivity contribution is -0.686. The first-order chi connectivity index (χ1) is 9.74. The van der Waals surface area contributed by atoms with Crippen LogP contribution in [-0.4, -0.2) is 14.2 Å². The molecule has 0 amide bonds. The predicted molar refractivity (Wildman–Crippen MR) is 83.0 cm³/mol. The first-order valence-electron chi connectivity index (χ1n) is 6.50. The van der Waals surface area contributed by atoms with Crippen molar-refractivity contribution < 1.29 is 14.8 Å². The monoisotopic (exact) mass is 336 g/mol. The molecule has 0 saturated carbocycles. The lowest BCUT2D eigenvalue weighted by Gasteiger charge is -2.11. The molecule has 0 atom stereocenters. The van der Waals surface area contributed by atoms with Crippen molar-refractivity contribution in [3.8, 4) is 11.5 Å². The van der Waals surface area contributed by atoms with E-state index in [0.29, 0.717) is 0 Å². The number of halogens is 1. The molecule has 3 nitrogen and oxygen atoms in total. The average molecular weight is 337 g/mol. The molecule has 0 spiro atoms. The highest BCUT2D eigenvalue weighted by Gasteiger charge is 2.11. The second-order valence-electron chi connectivity index (χ2n) is 4.50. The third-order valence-corrected chi connectivity index (χ3v) is 3.69. The van der Waals surface area contributed by atoms with Gasteiger partial charge in [-0.1, -0.05) is 30.3 Å². The minimum absolute atomic E-state index is 0.735. The number of benzene rings is 2. The molecule has 2 N–H and O–H groups in total. The highest BCUT2D eigenvalue weighted by atomic mass is 79.9. The van der Waals surface area contributed by atoms with Crippen molar-refractivity contribution in [2.75, 3.05) is 14.2 Å². The van der Waals surface area contributed by atoms with Gasteiger partial charge in [0.1, 0.15) is 13.1 Å². The Labute approximate surface area is 128 Å². The summed E-state index contributed by atoms with van der Waals surface area (Å²) in [6, 6.07) is 14.5. The summed E-state index contributed by atoms with van der Waals surface area (Å²) in [5.74, 6) is 1.49. The third-order valence-electron chi connectivity index (χ3n) is 3.10. The molecule has 0 unspecified atom stereocenters. The van der Waals surface area contributed by atoms with Gasteiger partial charge in [0.05, 0.1) is 18.7 Å². The Morgan fingerprint density at radius 2 is 1.65 bits per heavy atom. The van der Waals surface area contributed by atoms with E-state index in [4.69, 9.17) is 9.47 Å². The van der Waals surface area contributed by atoms with Gasteiger partial charge in [0.25, 0.3) is 0 Å². The van der Waals surface area contributed by atoms with Gasteiger partial charge in [-0.15, -0.1) is 0 Å². The van der Waals surface area contributed by atoms with Crippen molar-refractivity contribution in [2.24, 2.45) is 0 Å². The van der Waals surface area contributed by atoms with Crippen molar-refractivity contribution in [3.05, 3.63) is 58.1 Å². The van der Waals surface area contributed by atoms with Gasteiger partial charge < -0.3 is 14.8 Å². The maximum atomic E-state index is 5.35. The Morgan fingerprint density at radius 1 is 0.950 bits per heavy atom. The van der Waals surface area contributed by atoms with E-state index in [2.05, 4.69) is 51.6 Å². The van der Waals surface area contributed by atoms with Gasteiger partial charge in [-0.05, 0) is 28.1 Å². The van der Waals surface area contributed by atoms with Crippen LogP contribution in [0.2, 0.25) is 0 Å². The molecule has 0 aliphatic carbocycles. The molecule has 0 bridgehead atoms. The van der Waals surface area contributed by atoms with E-state index in [1.54, 1.807) is 14.2 Å². The molecule has 2 aromatic rings. The van der Waals surface area contributed by atoms with Crippen LogP contribution in [0.1, 0.15) is 11.1 Å². The summed E-state index contributed by atoms with van der Waals surface area (Å²) >= 11 is 3.52. The number of hydrogen-bond donors (Lipinski definition) is 1. The Balaban J connectivity index is 2.01. The summed E-state index contributed by atoms with van der Waals surface area (Å²) in [6.07, 6.45) is 0. The van der Waals surface area contributed by atoms with Crippen LogP contribution in [0.15, 0.2) is 46.9 Å². The van der Waals surface area contributed by atoms with Crippen molar-refractivity contribution in [3.63, 3.8) is 0 Å². The summed E-state index contributed by atoms with van der Waals surface area (Å²) in [6.45, 7) is 1.86. The number of quaternary nitrogens is 1. The molecule has 106 valence electrons. The van der Waals surface area contributed by atoms with Crippen molar-refractivity contribution in [1.82, 2.24) is 0 Å². The zero-order chi connectivity index (χ0) is 14.4. The Hall–Kier alpha value is -1.52. The van der Waals surface area contributed by atoms with E-state index in [1.807, 2.05) is 12.1 Å². The second kappa shape index (κ2) is 7.31. The van der Waals surface area contributed by atoms with Gasteiger partial charge in [-0.2, -0.15) is 0 Å². The molecule has 0 saturated heterocycles. The molecule has 0 radical (unpaired) electrons. The lowest BCUT2D eigenvalue weighted by atomic mass is 10.2. The molecule has 0 heterocycles. The minimum atomic E-state index is 0.735. The van der Waals surface area contributed by atoms with Crippen LogP contribution in [0.4, 0.5) is 0 Å². The van der Waals surface area contributed by atoms with Gasteiger partial charge in [0.15, 0.2) is 11.5 Å². The van der Waals surface area contributed by atoms with Crippen LogP contribution in [0.25, 0.3) is 0 Å². The molecule has 2 aromatic carbocycles. The highest BCUT2D eigenvalue weighted by Crippen LogP contribution is 2.35. The summed E-state index contributed by atoms with van der Waals surface area (Å²) < 4.78 is 11.6. The molecular formula is C16H19BrNO2+. The molecule has 2 rings (SSSR count). The highest BCUT2D eigenvalue weighted by molar-refractivity contribution is 9.10. The van der Waals surface area contributed by atoms with Gasteiger partial charge in [-0.3, -0.25) is 0 Å². The summed E-state index contributed by atoms with van der Waals surface area (Å²) in [5, 5.41) is 2.27. The van der Waals surface area contributed by atoms with Crippen molar-refractivity contribution in [2.45, 2.75) is 13.1 Å². The van der Waals surface area contributed by atoms with E-state index in [0.717, 1.165) is 29.1 Å². The third kappa shape index (κ3) is 3.74. The molecule has 0 aromatic heterocycles. The lowest BCUT2D eigenvalue weighted by Crippen LogP contribution is -2.80. The SMILES string of the molecule is COc1cc(C[NH2+]Cc2ccccc2)cc(Br)c1OC. The fourth-order valence-corrected chi connectivity index (χ4v) is 2.76. The second-order valence-corrected chi connectivity index (χ2v) is 5.35. The van der Waals surface area contributed by atoms with Crippen LogP contribution in [0.3, 0.4) is 0 Å². The van der Waals surface area contributed by atoms with Crippen LogP contribution in [-0.2, 0) is 13.1 Å². The van der Waals surface area contributed by atoms with Crippen molar-refractivity contribution in [1.29, 1.82) is 0 Å². The number of nitrogens with two attached hydrogens (primary N) is 1. The van der Waals surface area contributed by atoms with Crippen molar-refractivity contribution >= 4 is 15.9 Å². The van der Waals surface area contributed by atoms with Crippen LogP contribution in [0, 0.1) is 0 Å². The summed E-state index contributed by atoms with van der Waals surface area (Å²) in [7, 11) is 3.30. The standard InChI is InChI=1S/C16H18BrNO2/c1-19-15-9-13(8-14(17)16(15)20-2)11-18-10-12-6-4-3-5-7-12/h3-9,18H,10-11H2,1-2H3/p+1. The molecule has 4 heteroatoms. The van der Waals surface area contributed by atoms with Gasteiger partial charge in [0, 0.05) is 11.1 Å². The molecule has 20 heavy (non-hydrogen) atoms. The van der Waals surface area contributed by atoms with Crippen LogP contribution < -0.4 is 14.8 Å². The number of methoxy groups -OCH3 is 2. The molecule has 0 fully saturated rings. The average Bonchev–Trinajstić information content (AvgIpc) is 2.47. The van der Waals surface area contributed by atoms with E-state index in [-0.39, 0.29) is 0 Å². The molecule has 0 aliphatic heterocycles. The first kappa shape index (κ1) is 14.9. The molecule has 0 aliphatic rings. The number of ether oxygens (including phenoxy) is 2. The first-order valence-corrected chi connectivity index (χ1v) is 7.30. The Kier molecular flexibility index (Phi) is 5.44. The maximum Gasteiger partial charge on any atom is 0.174 e. The maximum absolute atomic E-state index is 5.35. The topological polar surface area (TPSA) is 35.1 Å². The number of hydrogen-bond acceptors (Lipinski definition) is 2. The van der Waals surface area contributed by atoms with E-state index < -0.39 is 0 Å². The van der Waals surface area contributed by atoms with Gasteiger partial charge in [-0.25, -0.2) is 0 Å². The van der Waals surface area contributed by atoms with Gasteiger partial charge >= 0.3 is 0 Å². The Morgan fingerprint density at radius 3 is 2.30 bits per heavy atom. The van der Waals surface area contributed by atoms with Crippen LogP contribution >= 0.6 is 15.9 Å². The fraction of sp³-hybridized carbons (Fsp3) is 0.250. The summed E-state index contributed by atoms with van der Waals surface area (Å²) in [4.78, 5) is 0. The fourth-order valence-electron chi connectivity index (χ4n) is 2.11. The zero-order valence-electron chi connectivity index (χ0n) is 11.7. The van der Waals surface area contributed by atoms with E-state index >= 15 is 0 Å². The van der Waals surface area contributed by atoms with Crippen LogP contribution in [0.5, 0.6) is 11.5 Å². The number of rotatable bonds is 6. The quantitative estimate of drug-likeness (QED) is 0.880. The zero-order valence-corrected chi connectivity index (χ0v) is 13.3. The van der Waals surface area contributed by atoms with E-state index in [1.165, 1.54) is 11.1 Å². The summed E-state index contributed by atoms with van der Waals surface area (Å²) in [5.41, 5.74) is 2.53.